The lowest BCUT2D eigenvalue weighted by Crippen LogP contribution is -1.96. The molecule has 0 aliphatic carbocycles. The Balaban J connectivity index is 2.50. The Morgan fingerprint density at radius 1 is 1.06 bits per heavy atom. The number of aromatic nitrogens is 2. The Morgan fingerprint density at radius 3 is 2.06 bits per heavy atom. The molecule has 0 atom stereocenters. The molecule has 2 aromatic rings. The molecule has 0 radical (unpaired) electrons. The van der Waals surface area contributed by atoms with E-state index in [2.05, 4.69) is 9.97 Å². The van der Waals surface area contributed by atoms with Gasteiger partial charge in [-0.15, -0.1) is 0 Å². The zero-order chi connectivity index (χ0) is 12.4. The zero-order valence-electron chi connectivity index (χ0n) is 9.04. The van der Waals surface area contributed by atoms with Crippen LogP contribution in [0.25, 0.3) is 11.4 Å². The minimum absolute atomic E-state index is 0.309. The fraction of sp³-hybridized carbons (Fsp3) is 0.167. The molecule has 0 unspecified atom stereocenters. The van der Waals surface area contributed by atoms with Gasteiger partial charge in [0.2, 0.25) is 0 Å². The molecular formula is C12H9Cl2FN2. The highest BCUT2D eigenvalue weighted by Crippen LogP contribution is 2.25. The standard InChI is InChI=1S/C12H9Cl2FN2/c1-2-9-10(13)16-12(17-11(9)14)7-3-5-8(15)6-4-7/h3-6H,2H2,1H3. The molecule has 1 aromatic carbocycles. The molecule has 0 saturated heterocycles. The van der Waals surface area contributed by atoms with E-state index in [9.17, 15) is 4.39 Å². The first-order valence-corrected chi connectivity index (χ1v) is 5.85. The van der Waals surface area contributed by atoms with Crippen LogP contribution in [-0.4, -0.2) is 9.97 Å². The van der Waals surface area contributed by atoms with Crippen LogP contribution < -0.4 is 0 Å². The molecule has 5 heteroatoms. The quantitative estimate of drug-likeness (QED) is 0.767. The predicted octanol–water partition coefficient (Wildman–Crippen LogP) is 4.15. The normalized spacial score (nSPS) is 10.6. The number of rotatable bonds is 2. The predicted molar refractivity (Wildman–Crippen MR) is 66.8 cm³/mol. The molecule has 17 heavy (non-hydrogen) atoms. The molecule has 0 fully saturated rings. The third-order valence-corrected chi connectivity index (χ3v) is 2.99. The highest BCUT2D eigenvalue weighted by molar-refractivity contribution is 6.34. The molecule has 0 bridgehead atoms. The number of benzene rings is 1. The summed E-state index contributed by atoms with van der Waals surface area (Å²) < 4.78 is 12.8. The van der Waals surface area contributed by atoms with E-state index in [-0.39, 0.29) is 5.82 Å². The maximum absolute atomic E-state index is 12.8. The van der Waals surface area contributed by atoms with Crippen LogP contribution in [0.2, 0.25) is 10.3 Å². The van der Waals surface area contributed by atoms with Crippen molar-refractivity contribution in [1.82, 2.24) is 9.97 Å². The number of nitrogens with zero attached hydrogens (tertiary/aromatic N) is 2. The van der Waals surface area contributed by atoms with Crippen LogP contribution in [-0.2, 0) is 6.42 Å². The Kier molecular flexibility index (Phi) is 3.60. The molecular weight excluding hydrogens is 262 g/mol. The fourth-order valence-corrected chi connectivity index (χ4v) is 2.11. The van der Waals surface area contributed by atoms with E-state index in [0.717, 1.165) is 5.56 Å². The second-order valence-electron chi connectivity index (χ2n) is 3.47. The van der Waals surface area contributed by atoms with E-state index in [4.69, 9.17) is 23.2 Å². The van der Waals surface area contributed by atoms with Crippen LogP contribution in [0.3, 0.4) is 0 Å². The summed E-state index contributed by atoms with van der Waals surface area (Å²) in [5.41, 5.74) is 1.40. The summed E-state index contributed by atoms with van der Waals surface area (Å²) in [7, 11) is 0. The van der Waals surface area contributed by atoms with Gasteiger partial charge >= 0.3 is 0 Å². The summed E-state index contributed by atoms with van der Waals surface area (Å²) in [4.78, 5) is 8.30. The highest BCUT2D eigenvalue weighted by atomic mass is 35.5. The van der Waals surface area contributed by atoms with Crippen molar-refractivity contribution in [3.05, 3.63) is 46.0 Å². The van der Waals surface area contributed by atoms with Crippen molar-refractivity contribution in [2.75, 3.05) is 0 Å². The summed E-state index contributed by atoms with van der Waals surface area (Å²) >= 11 is 12.0. The molecule has 1 aromatic heterocycles. The summed E-state index contributed by atoms with van der Waals surface area (Å²) in [6, 6.07) is 5.86. The van der Waals surface area contributed by atoms with Crippen LogP contribution in [0, 0.1) is 5.82 Å². The monoisotopic (exact) mass is 270 g/mol. The van der Waals surface area contributed by atoms with Crippen LogP contribution in [0.4, 0.5) is 4.39 Å². The topological polar surface area (TPSA) is 25.8 Å². The third kappa shape index (κ3) is 2.56. The van der Waals surface area contributed by atoms with Crippen molar-refractivity contribution < 1.29 is 4.39 Å². The second kappa shape index (κ2) is 4.98. The highest BCUT2D eigenvalue weighted by Gasteiger charge is 2.11. The number of hydrogen-bond acceptors (Lipinski definition) is 2. The minimum atomic E-state index is -0.309. The molecule has 0 aliphatic rings. The van der Waals surface area contributed by atoms with Gasteiger partial charge in [0.1, 0.15) is 16.1 Å². The van der Waals surface area contributed by atoms with Gasteiger partial charge in [0.25, 0.3) is 0 Å². The van der Waals surface area contributed by atoms with Gasteiger partial charge in [-0.1, -0.05) is 30.1 Å². The smallest absolute Gasteiger partial charge is 0.162 e. The first kappa shape index (κ1) is 12.3. The van der Waals surface area contributed by atoms with Gasteiger partial charge in [0, 0.05) is 11.1 Å². The average molecular weight is 271 g/mol. The van der Waals surface area contributed by atoms with Crippen molar-refractivity contribution >= 4 is 23.2 Å². The van der Waals surface area contributed by atoms with E-state index in [1.807, 2.05) is 6.92 Å². The van der Waals surface area contributed by atoms with Gasteiger partial charge in [-0.25, -0.2) is 14.4 Å². The minimum Gasteiger partial charge on any atom is -0.216 e. The number of hydrogen-bond donors (Lipinski definition) is 0. The van der Waals surface area contributed by atoms with Gasteiger partial charge in [-0.05, 0) is 30.7 Å². The van der Waals surface area contributed by atoms with Gasteiger partial charge in [-0.2, -0.15) is 0 Å². The third-order valence-electron chi connectivity index (χ3n) is 2.36. The van der Waals surface area contributed by atoms with Gasteiger partial charge in [0.05, 0.1) is 0 Å². The summed E-state index contributed by atoms with van der Waals surface area (Å²) in [6.07, 6.45) is 0.668. The number of halogens is 3. The Labute approximate surface area is 108 Å². The van der Waals surface area contributed by atoms with Gasteiger partial charge in [-0.3, -0.25) is 0 Å². The maximum atomic E-state index is 12.8. The lowest BCUT2D eigenvalue weighted by molar-refractivity contribution is 0.628. The summed E-state index contributed by atoms with van der Waals surface area (Å²) in [5, 5.41) is 0.679. The SMILES string of the molecule is CCc1c(Cl)nc(-c2ccc(F)cc2)nc1Cl. The van der Waals surface area contributed by atoms with Crippen LogP contribution >= 0.6 is 23.2 Å². The largest absolute Gasteiger partial charge is 0.216 e. The molecule has 0 N–H and O–H groups in total. The molecule has 88 valence electrons. The first-order valence-electron chi connectivity index (χ1n) is 5.09. The summed E-state index contributed by atoms with van der Waals surface area (Å²) in [5.74, 6) is 0.0910. The van der Waals surface area contributed by atoms with E-state index in [0.29, 0.717) is 28.1 Å². The van der Waals surface area contributed by atoms with Crippen LogP contribution in [0.5, 0.6) is 0 Å². The lowest BCUT2D eigenvalue weighted by Gasteiger charge is -2.06. The fourth-order valence-electron chi connectivity index (χ4n) is 1.45. The lowest BCUT2D eigenvalue weighted by atomic mass is 10.2. The van der Waals surface area contributed by atoms with E-state index in [1.54, 1.807) is 12.1 Å². The average Bonchev–Trinajstić information content (AvgIpc) is 2.29. The molecule has 0 spiro atoms. The Hall–Kier alpha value is -1.19. The molecule has 1 heterocycles. The molecule has 2 rings (SSSR count). The molecule has 0 saturated carbocycles. The van der Waals surface area contributed by atoms with Gasteiger partial charge < -0.3 is 0 Å². The van der Waals surface area contributed by atoms with Crippen molar-refractivity contribution in [1.29, 1.82) is 0 Å². The van der Waals surface area contributed by atoms with E-state index >= 15 is 0 Å². The van der Waals surface area contributed by atoms with Gasteiger partial charge in [0.15, 0.2) is 5.82 Å². The van der Waals surface area contributed by atoms with Crippen LogP contribution in [0.15, 0.2) is 24.3 Å². The van der Waals surface area contributed by atoms with Crippen molar-refractivity contribution in [2.24, 2.45) is 0 Å². The zero-order valence-corrected chi connectivity index (χ0v) is 10.6. The van der Waals surface area contributed by atoms with E-state index < -0.39 is 0 Å². The van der Waals surface area contributed by atoms with Crippen molar-refractivity contribution in [3.8, 4) is 11.4 Å². The second-order valence-corrected chi connectivity index (χ2v) is 4.18. The van der Waals surface area contributed by atoms with Crippen molar-refractivity contribution in [2.45, 2.75) is 13.3 Å². The Morgan fingerprint density at radius 2 is 1.59 bits per heavy atom. The molecule has 0 amide bonds. The Bertz CT molecular complexity index is 518. The molecule has 0 aliphatic heterocycles. The van der Waals surface area contributed by atoms with E-state index in [1.165, 1.54) is 12.1 Å². The molecule has 2 nitrogen and oxygen atoms in total. The maximum Gasteiger partial charge on any atom is 0.162 e. The van der Waals surface area contributed by atoms with Crippen LogP contribution in [0.1, 0.15) is 12.5 Å². The van der Waals surface area contributed by atoms with Crippen molar-refractivity contribution in [3.63, 3.8) is 0 Å². The first-order chi connectivity index (χ1) is 8.11. The summed E-state index contributed by atoms with van der Waals surface area (Å²) in [6.45, 7) is 1.92.